The second-order valence-corrected chi connectivity index (χ2v) is 2.89. The number of nitrogens with zero attached hydrogens (tertiary/aromatic N) is 1. The maximum Gasteiger partial charge on any atom is 0.191 e. The van der Waals surface area contributed by atoms with E-state index in [4.69, 9.17) is 11.6 Å². The number of nitrogen functional groups attached to an aromatic ring is 1. The summed E-state index contributed by atoms with van der Waals surface area (Å²) in [5, 5.41) is 0. The first-order valence-electron chi connectivity index (χ1n) is 3.78. The van der Waals surface area contributed by atoms with Gasteiger partial charge in [-0.05, 0) is 12.0 Å². The van der Waals surface area contributed by atoms with Crippen LogP contribution in [0.2, 0.25) is 0 Å². The van der Waals surface area contributed by atoms with Crippen molar-refractivity contribution in [3.05, 3.63) is 18.0 Å². The predicted molar refractivity (Wildman–Crippen MR) is 47.6 cm³/mol. The Hall–Kier alpha value is -1.29. The molecule has 0 saturated carbocycles. The lowest BCUT2D eigenvalue weighted by molar-refractivity contribution is 0.329. The fourth-order valence-corrected chi connectivity index (χ4v) is 1.02. The molecular formula is C8H13N3O. The highest BCUT2D eigenvalue weighted by molar-refractivity contribution is 5.54. The highest BCUT2D eigenvalue weighted by Crippen LogP contribution is 2.28. The van der Waals surface area contributed by atoms with Crippen molar-refractivity contribution in [2.45, 2.75) is 19.8 Å². The topological polar surface area (TPSA) is 74.2 Å². The lowest BCUT2D eigenvalue weighted by Crippen LogP contribution is -2.09. The summed E-state index contributed by atoms with van der Waals surface area (Å²) in [5.74, 6) is 5.80. The molecule has 0 saturated heterocycles. The first kappa shape index (κ1) is 8.80. The van der Waals surface area contributed by atoms with E-state index in [-0.39, 0.29) is 5.92 Å². The van der Waals surface area contributed by atoms with Crippen LogP contribution in [0.15, 0.2) is 12.3 Å². The molecule has 1 aromatic heterocycles. The molecule has 0 unspecified atom stereocenters. The molecular weight excluding hydrogens is 154 g/mol. The summed E-state index contributed by atoms with van der Waals surface area (Å²) in [5.41, 5.74) is 6.94. The Morgan fingerprint density at radius 1 is 1.50 bits per heavy atom. The molecule has 0 atom stereocenters. The predicted octanol–water partition coefficient (Wildman–Crippen LogP) is 1.04. The third-order valence-corrected chi connectivity index (χ3v) is 1.63. The van der Waals surface area contributed by atoms with E-state index in [1.54, 1.807) is 12.3 Å². The van der Waals surface area contributed by atoms with Crippen molar-refractivity contribution in [3.8, 4) is 5.75 Å². The molecule has 4 nitrogen and oxygen atoms in total. The zero-order valence-corrected chi connectivity index (χ0v) is 7.24. The van der Waals surface area contributed by atoms with Crippen molar-refractivity contribution >= 4 is 5.69 Å². The molecule has 0 aliphatic carbocycles. The van der Waals surface area contributed by atoms with Crippen molar-refractivity contribution in [3.63, 3.8) is 0 Å². The van der Waals surface area contributed by atoms with Crippen LogP contribution in [0.4, 0.5) is 5.69 Å². The van der Waals surface area contributed by atoms with Gasteiger partial charge in [0.1, 0.15) is 0 Å². The van der Waals surface area contributed by atoms with Gasteiger partial charge in [-0.25, -0.2) is 0 Å². The Bertz CT molecular complexity index is 273. The molecule has 1 heterocycles. The number of hydrogen-bond donors (Lipinski definition) is 2. The lowest BCUT2D eigenvalue weighted by Gasteiger charge is -2.10. The highest BCUT2D eigenvalue weighted by Gasteiger charge is 2.11. The molecule has 0 amide bonds. The maximum atomic E-state index is 5.62. The Kier molecular flexibility index (Phi) is 2.50. The maximum absolute atomic E-state index is 5.62. The number of hydrogen-bond acceptors (Lipinski definition) is 4. The van der Waals surface area contributed by atoms with Crippen LogP contribution in [0.3, 0.4) is 0 Å². The zero-order chi connectivity index (χ0) is 9.14. The van der Waals surface area contributed by atoms with Gasteiger partial charge in [0.15, 0.2) is 5.75 Å². The average molecular weight is 167 g/mol. The van der Waals surface area contributed by atoms with E-state index < -0.39 is 0 Å². The fraction of sp³-hybridized carbons (Fsp3) is 0.375. The van der Waals surface area contributed by atoms with Crippen molar-refractivity contribution in [2.24, 2.45) is 5.90 Å². The van der Waals surface area contributed by atoms with Gasteiger partial charge in [0, 0.05) is 6.20 Å². The first-order chi connectivity index (χ1) is 5.66. The third-order valence-electron chi connectivity index (χ3n) is 1.63. The lowest BCUT2D eigenvalue weighted by atomic mass is 10.1. The first-order valence-corrected chi connectivity index (χ1v) is 3.78. The Labute approximate surface area is 71.5 Å². The molecule has 4 heteroatoms. The molecule has 0 fully saturated rings. The monoisotopic (exact) mass is 167 g/mol. The number of aromatic nitrogens is 1. The third kappa shape index (κ3) is 1.48. The minimum Gasteiger partial charge on any atom is -0.407 e. The van der Waals surface area contributed by atoms with Crippen LogP contribution in [0.1, 0.15) is 25.5 Å². The van der Waals surface area contributed by atoms with Gasteiger partial charge in [-0.2, -0.15) is 5.90 Å². The molecule has 0 radical (unpaired) electrons. The quantitative estimate of drug-likeness (QED) is 0.645. The molecule has 0 bridgehead atoms. The van der Waals surface area contributed by atoms with Crippen molar-refractivity contribution < 1.29 is 4.84 Å². The summed E-state index contributed by atoms with van der Waals surface area (Å²) in [4.78, 5) is 8.77. The van der Waals surface area contributed by atoms with E-state index in [2.05, 4.69) is 9.82 Å². The van der Waals surface area contributed by atoms with Gasteiger partial charge in [0.25, 0.3) is 0 Å². The van der Waals surface area contributed by atoms with E-state index in [1.807, 2.05) is 13.8 Å². The van der Waals surface area contributed by atoms with Crippen LogP contribution in [0.5, 0.6) is 5.75 Å². The van der Waals surface area contributed by atoms with Gasteiger partial charge in [-0.15, -0.1) is 0 Å². The van der Waals surface area contributed by atoms with Crippen molar-refractivity contribution in [1.29, 1.82) is 0 Å². The molecule has 66 valence electrons. The molecule has 1 aromatic rings. The molecule has 0 aromatic carbocycles. The Balaban J connectivity index is 3.18. The van der Waals surface area contributed by atoms with Gasteiger partial charge in [-0.1, -0.05) is 13.8 Å². The summed E-state index contributed by atoms with van der Waals surface area (Å²) in [6, 6.07) is 1.66. The Morgan fingerprint density at radius 2 is 2.17 bits per heavy atom. The highest BCUT2D eigenvalue weighted by atomic mass is 16.6. The van der Waals surface area contributed by atoms with Crippen LogP contribution in [0, 0.1) is 0 Å². The molecule has 0 spiro atoms. The van der Waals surface area contributed by atoms with Gasteiger partial charge < -0.3 is 10.6 Å². The van der Waals surface area contributed by atoms with Crippen LogP contribution in [-0.2, 0) is 0 Å². The number of pyridine rings is 1. The standard InChI is InChI=1S/C8H13N3O/c1-5(2)7-8(12-10)6(9)3-4-11-7/h3-5H,10H2,1-2H3,(H2,9,11). The van der Waals surface area contributed by atoms with E-state index in [0.29, 0.717) is 11.4 Å². The molecule has 0 aliphatic heterocycles. The summed E-state index contributed by atoms with van der Waals surface area (Å²) in [6.45, 7) is 4.01. The summed E-state index contributed by atoms with van der Waals surface area (Å²) in [6.07, 6.45) is 1.65. The normalized spacial score (nSPS) is 10.3. The Morgan fingerprint density at radius 3 is 2.58 bits per heavy atom. The summed E-state index contributed by atoms with van der Waals surface area (Å²) in [7, 11) is 0. The fourth-order valence-electron chi connectivity index (χ4n) is 1.02. The number of nitrogens with two attached hydrogens (primary N) is 2. The molecule has 12 heavy (non-hydrogen) atoms. The second-order valence-electron chi connectivity index (χ2n) is 2.89. The molecule has 0 aliphatic rings. The van der Waals surface area contributed by atoms with Crippen molar-refractivity contribution in [1.82, 2.24) is 4.98 Å². The number of anilines is 1. The largest absolute Gasteiger partial charge is 0.407 e. The van der Waals surface area contributed by atoms with Gasteiger partial charge in [0.2, 0.25) is 0 Å². The summed E-state index contributed by atoms with van der Waals surface area (Å²) >= 11 is 0. The van der Waals surface area contributed by atoms with Crippen molar-refractivity contribution in [2.75, 3.05) is 5.73 Å². The second kappa shape index (κ2) is 3.40. The van der Waals surface area contributed by atoms with E-state index >= 15 is 0 Å². The van der Waals surface area contributed by atoms with Gasteiger partial charge in [-0.3, -0.25) is 4.98 Å². The van der Waals surface area contributed by atoms with Crippen LogP contribution in [0.25, 0.3) is 0 Å². The van der Waals surface area contributed by atoms with Crippen LogP contribution < -0.4 is 16.5 Å². The smallest absolute Gasteiger partial charge is 0.191 e. The SMILES string of the molecule is CC(C)c1nccc(N)c1ON. The molecule has 1 rings (SSSR count). The van der Waals surface area contributed by atoms with Crippen LogP contribution >= 0.6 is 0 Å². The molecule has 4 N–H and O–H groups in total. The van der Waals surface area contributed by atoms with E-state index in [9.17, 15) is 0 Å². The van der Waals surface area contributed by atoms with Gasteiger partial charge >= 0.3 is 0 Å². The van der Waals surface area contributed by atoms with E-state index in [0.717, 1.165) is 5.69 Å². The minimum atomic E-state index is 0.257. The van der Waals surface area contributed by atoms with E-state index in [1.165, 1.54) is 0 Å². The summed E-state index contributed by atoms with van der Waals surface area (Å²) < 4.78 is 0. The van der Waals surface area contributed by atoms with Gasteiger partial charge in [0.05, 0.1) is 11.4 Å². The van der Waals surface area contributed by atoms with Crippen LogP contribution in [-0.4, -0.2) is 4.98 Å². The number of rotatable bonds is 2. The zero-order valence-electron chi connectivity index (χ0n) is 7.24. The average Bonchev–Trinajstić information content (AvgIpc) is 2.03. The minimum absolute atomic E-state index is 0.257.